The molecular weight excluding hydrogens is 248 g/mol. The van der Waals surface area contributed by atoms with E-state index in [1.807, 2.05) is 0 Å². The molecule has 0 fully saturated rings. The van der Waals surface area contributed by atoms with Gasteiger partial charge in [-0.3, -0.25) is 4.79 Å². The van der Waals surface area contributed by atoms with E-state index in [4.69, 9.17) is 9.52 Å². The lowest BCUT2D eigenvalue weighted by atomic mass is 10.2. The summed E-state index contributed by atoms with van der Waals surface area (Å²) in [6, 6.07) is 7.40. The Bertz CT molecular complexity index is 592. The van der Waals surface area contributed by atoms with E-state index in [2.05, 4.69) is 10.3 Å². The summed E-state index contributed by atoms with van der Waals surface area (Å²) < 4.78 is 5.16. The highest BCUT2D eigenvalue weighted by atomic mass is 16.4. The van der Waals surface area contributed by atoms with Gasteiger partial charge in [-0.05, 0) is 31.2 Å². The van der Waals surface area contributed by atoms with E-state index in [1.54, 1.807) is 19.1 Å². The van der Waals surface area contributed by atoms with Crippen molar-refractivity contribution in [3.8, 4) is 0 Å². The third-order valence-corrected chi connectivity index (χ3v) is 2.52. The number of nitrogens with one attached hydrogen (secondary N) is 1. The zero-order valence-electron chi connectivity index (χ0n) is 10.2. The molecule has 0 spiro atoms. The Morgan fingerprint density at radius 2 is 2.00 bits per heavy atom. The molecule has 2 N–H and O–H groups in total. The second kappa shape index (κ2) is 5.34. The maximum atomic E-state index is 11.9. The fraction of sp³-hybridized carbons (Fsp3) is 0.154. The molecule has 0 radical (unpaired) electrons. The number of nitrogens with zero attached hydrogens (tertiary/aromatic N) is 1. The second-order valence-corrected chi connectivity index (χ2v) is 3.92. The summed E-state index contributed by atoms with van der Waals surface area (Å²) in [6.45, 7) is 1.76. The first-order chi connectivity index (χ1) is 9.08. The number of furan rings is 1. The minimum atomic E-state index is -1.17. The SMILES string of the molecule is CC(NC(=O)c1cccc(C(=O)O)n1)c1ccco1. The molecule has 0 bridgehead atoms. The Labute approximate surface area is 109 Å². The molecule has 1 amide bonds. The predicted molar refractivity (Wildman–Crippen MR) is 65.8 cm³/mol. The first-order valence-electron chi connectivity index (χ1n) is 5.62. The van der Waals surface area contributed by atoms with Crippen molar-refractivity contribution in [1.29, 1.82) is 0 Å². The van der Waals surface area contributed by atoms with Crippen molar-refractivity contribution < 1.29 is 19.1 Å². The van der Waals surface area contributed by atoms with Crippen LogP contribution in [0.4, 0.5) is 0 Å². The molecule has 0 aromatic carbocycles. The van der Waals surface area contributed by atoms with E-state index in [0.717, 1.165) is 0 Å². The predicted octanol–water partition coefficient (Wildman–Crippen LogP) is 1.86. The van der Waals surface area contributed by atoms with E-state index < -0.39 is 11.9 Å². The Balaban J connectivity index is 2.12. The van der Waals surface area contributed by atoms with Crippen LogP contribution >= 0.6 is 0 Å². The fourth-order valence-corrected chi connectivity index (χ4v) is 1.56. The summed E-state index contributed by atoms with van der Waals surface area (Å²) in [5, 5.41) is 11.5. The third kappa shape index (κ3) is 2.98. The van der Waals surface area contributed by atoms with Crippen LogP contribution in [-0.2, 0) is 0 Å². The van der Waals surface area contributed by atoms with Crippen molar-refractivity contribution in [2.45, 2.75) is 13.0 Å². The summed E-state index contributed by atoms with van der Waals surface area (Å²) in [7, 11) is 0. The number of carbonyl (C=O) groups is 2. The van der Waals surface area contributed by atoms with Gasteiger partial charge in [0.1, 0.15) is 17.1 Å². The molecule has 1 atom stereocenters. The van der Waals surface area contributed by atoms with Crippen molar-refractivity contribution >= 4 is 11.9 Å². The van der Waals surface area contributed by atoms with Gasteiger partial charge in [0.25, 0.3) is 5.91 Å². The molecule has 0 aliphatic carbocycles. The number of pyridine rings is 1. The van der Waals surface area contributed by atoms with E-state index >= 15 is 0 Å². The highest BCUT2D eigenvalue weighted by Gasteiger charge is 2.15. The van der Waals surface area contributed by atoms with Gasteiger partial charge >= 0.3 is 5.97 Å². The maximum Gasteiger partial charge on any atom is 0.354 e. The largest absolute Gasteiger partial charge is 0.477 e. The Kier molecular flexibility index (Phi) is 3.61. The number of carboxylic acid groups (broad SMARTS) is 1. The number of aromatic carboxylic acids is 1. The molecule has 2 rings (SSSR count). The zero-order valence-corrected chi connectivity index (χ0v) is 10.2. The fourth-order valence-electron chi connectivity index (χ4n) is 1.56. The average molecular weight is 260 g/mol. The van der Waals surface area contributed by atoms with Gasteiger partial charge in [-0.15, -0.1) is 0 Å². The van der Waals surface area contributed by atoms with Crippen LogP contribution in [0.5, 0.6) is 0 Å². The minimum Gasteiger partial charge on any atom is -0.477 e. The lowest BCUT2D eigenvalue weighted by molar-refractivity contribution is 0.0690. The topological polar surface area (TPSA) is 92.4 Å². The van der Waals surface area contributed by atoms with Gasteiger partial charge < -0.3 is 14.8 Å². The third-order valence-electron chi connectivity index (χ3n) is 2.52. The average Bonchev–Trinajstić information content (AvgIpc) is 2.92. The highest BCUT2D eigenvalue weighted by Crippen LogP contribution is 2.12. The molecule has 2 aromatic rings. The van der Waals surface area contributed by atoms with E-state index in [1.165, 1.54) is 24.5 Å². The lowest BCUT2D eigenvalue weighted by Gasteiger charge is -2.11. The summed E-state index contributed by atoms with van der Waals surface area (Å²) in [6.07, 6.45) is 1.52. The van der Waals surface area contributed by atoms with E-state index in [0.29, 0.717) is 5.76 Å². The number of carboxylic acids is 1. The van der Waals surface area contributed by atoms with Gasteiger partial charge in [0.2, 0.25) is 0 Å². The molecule has 98 valence electrons. The molecule has 2 aromatic heterocycles. The van der Waals surface area contributed by atoms with Crippen molar-refractivity contribution in [2.24, 2.45) is 0 Å². The van der Waals surface area contributed by atoms with Crippen LogP contribution in [0.2, 0.25) is 0 Å². The van der Waals surface area contributed by atoms with Crippen molar-refractivity contribution in [3.05, 3.63) is 53.7 Å². The van der Waals surface area contributed by atoms with Gasteiger partial charge in [-0.25, -0.2) is 9.78 Å². The van der Waals surface area contributed by atoms with Crippen LogP contribution in [0.3, 0.4) is 0 Å². The quantitative estimate of drug-likeness (QED) is 0.875. The summed E-state index contributed by atoms with van der Waals surface area (Å²) >= 11 is 0. The molecule has 19 heavy (non-hydrogen) atoms. The molecule has 0 saturated carbocycles. The standard InChI is InChI=1S/C13H12N2O4/c1-8(11-6-3-7-19-11)14-12(16)9-4-2-5-10(15-9)13(17)18/h2-8H,1H3,(H,14,16)(H,17,18). The van der Waals surface area contributed by atoms with Crippen molar-refractivity contribution in [3.63, 3.8) is 0 Å². The Hall–Kier alpha value is -2.63. The second-order valence-electron chi connectivity index (χ2n) is 3.92. The van der Waals surface area contributed by atoms with Crippen LogP contribution in [-0.4, -0.2) is 22.0 Å². The highest BCUT2D eigenvalue weighted by molar-refractivity contribution is 5.94. The van der Waals surface area contributed by atoms with E-state index in [9.17, 15) is 9.59 Å². The smallest absolute Gasteiger partial charge is 0.354 e. The van der Waals surface area contributed by atoms with Crippen molar-refractivity contribution in [1.82, 2.24) is 10.3 Å². The summed E-state index contributed by atoms with van der Waals surface area (Å²) in [5.41, 5.74) is -0.114. The zero-order chi connectivity index (χ0) is 13.8. The number of hydrogen-bond donors (Lipinski definition) is 2. The normalized spacial score (nSPS) is 11.8. The first-order valence-corrected chi connectivity index (χ1v) is 5.62. The van der Waals surface area contributed by atoms with Crippen LogP contribution in [0.1, 0.15) is 39.7 Å². The van der Waals surface area contributed by atoms with Crippen molar-refractivity contribution in [2.75, 3.05) is 0 Å². The Morgan fingerprint density at radius 3 is 2.63 bits per heavy atom. The number of hydrogen-bond acceptors (Lipinski definition) is 4. The van der Waals surface area contributed by atoms with Gasteiger partial charge in [0.05, 0.1) is 12.3 Å². The molecule has 6 nitrogen and oxygen atoms in total. The molecule has 0 aliphatic heterocycles. The van der Waals surface area contributed by atoms with Gasteiger partial charge in [0.15, 0.2) is 0 Å². The molecule has 1 unspecified atom stereocenters. The molecule has 2 heterocycles. The van der Waals surface area contributed by atoms with Crippen LogP contribution in [0.15, 0.2) is 41.0 Å². The van der Waals surface area contributed by atoms with Gasteiger partial charge in [-0.2, -0.15) is 0 Å². The van der Waals surface area contributed by atoms with E-state index in [-0.39, 0.29) is 17.4 Å². The van der Waals surface area contributed by atoms with Crippen LogP contribution in [0, 0.1) is 0 Å². The maximum absolute atomic E-state index is 11.9. The molecule has 6 heteroatoms. The van der Waals surface area contributed by atoms with Gasteiger partial charge in [0, 0.05) is 0 Å². The van der Waals surface area contributed by atoms with Crippen LogP contribution < -0.4 is 5.32 Å². The monoisotopic (exact) mass is 260 g/mol. The first kappa shape index (κ1) is 12.8. The van der Waals surface area contributed by atoms with Crippen LogP contribution in [0.25, 0.3) is 0 Å². The summed E-state index contributed by atoms with van der Waals surface area (Å²) in [5.74, 6) is -1.01. The summed E-state index contributed by atoms with van der Waals surface area (Å²) in [4.78, 5) is 26.5. The molecular formula is C13H12N2O4. The van der Waals surface area contributed by atoms with Gasteiger partial charge in [-0.1, -0.05) is 6.07 Å². The molecule has 0 aliphatic rings. The number of carbonyl (C=O) groups excluding carboxylic acids is 1. The number of rotatable bonds is 4. The number of aromatic nitrogens is 1. The number of amides is 1. The minimum absolute atomic E-state index is 0.0540. The molecule has 0 saturated heterocycles. The lowest BCUT2D eigenvalue weighted by Crippen LogP contribution is -2.27. The Morgan fingerprint density at radius 1 is 1.26 bits per heavy atom.